The van der Waals surface area contributed by atoms with Crippen molar-refractivity contribution in [2.24, 2.45) is 0 Å². The highest BCUT2D eigenvalue weighted by Gasteiger charge is 2.35. The summed E-state index contributed by atoms with van der Waals surface area (Å²) >= 11 is 0. The van der Waals surface area contributed by atoms with E-state index in [4.69, 9.17) is 5.26 Å². The number of halogens is 2. The Morgan fingerprint density at radius 2 is 1.92 bits per heavy atom. The number of rotatable bonds is 3. The topological polar surface area (TPSA) is 64.3 Å². The molecule has 0 bridgehead atoms. The molecule has 1 aliphatic heterocycles. The number of aliphatic hydroxyl groups excluding tert-OH is 1. The van der Waals surface area contributed by atoms with E-state index in [1.165, 1.54) is 11.0 Å². The molecule has 0 aliphatic carbocycles. The van der Waals surface area contributed by atoms with Gasteiger partial charge in [0, 0.05) is 6.54 Å². The van der Waals surface area contributed by atoms with Crippen LogP contribution >= 0.6 is 0 Å². The molecule has 1 fully saturated rings. The maximum absolute atomic E-state index is 13.5. The number of aliphatic hydroxyl groups is 1. The van der Waals surface area contributed by atoms with Gasteiger partial charge in [-0.15, -0.1) is 0 Å². The number of hydrogen-bond donors (Lipinski definition) is 1. The second-order valence-electron chi connectivity index (χ2n) is 6.11. The van der Waals surface area contributed by atoms with E-state index >= 15 is 0 Å². The molecule has 0 radical (unpaired) electrons. The first-order valence-corrected chi connectivity index (χ1v) is 7.89. The molecular formula is C19H16F2N2O2. The largest absolute Gasteiger partial charge is 0.391 e. The Bertz CT molecular complexity index is 830. The summed E-state index contributed by atoms with van der Waals surface area (Å²) in [4.78, 5) is 14.1. The predicted octanol–water partition coefficient (Wildman–Crippen LogP) is 2.71. The third-order valence-electron chi connectivity index (χ3n) is 4.37. The monoisotopic (exact) mass is 342 g/mol. The molecule has 0 unspecified atom stereocenters. The lowest BCUT2D eigenvalue weighted by Crippen LogP contribution is -2.33. The molecule has 0 saturated carbocycles. The predicted molar refractivity (Wildman–Crippen MR) is 86.3 cm³/mol. The Labute approximate surface area is 143 Å². The molecule has 25 heavy (non-hydrogen) atoms. The Morgan fingerprint density at radius 1 is 1.20 bits per heavy atom. The standard InChI is InChI=1S/C19H16F2N2O2/c20-16-6-5-14(8-17(16)21)18-9-15(24)11-23(18)19(25)7-12-1-3-13(10-22)4-2-12/h1-6,8,15,18,24H,7,9,11H2/t15-,18-/m1/s1. The normalized spacial score (nSPS) is 19.7. The van der Waals surface area contributed by atoms with Crippen molar-refractivity contribution in [2.75, 3.05) is 6.54 Å². The summed E-state index contributed by atoms with van der Waals surface area (Å²) < 4.78 is 26.6. The molecule has 1 N–H and O–H groups in total. The highest BCUT2D eigenvalue weighted by Crippen LogP contribution is 2.33. The summed E-state index contributed by atoms with van der Waals surface area (Å²) in [7, 11) is 0. The van der Waals surface area contributed by atoms with Crippen LogP contribution in [0.1, 0.15) is 29.2 Å². The van der Waals surface area contributed by atoms with Gasteiger partial charge in [0.05, 0.1) is 30.2 Å². The molecule has 0 aromatic heterocycles. The van der Waals surface area contributed by atoms with Crippen LogP contribution in [-0.4, -0.2) is 28.6 Å². The van der Waals surface area contributed by atoms with Crippen molar-refractivity contribution in [3.8, 4) is 6.07 Å². The maximum atomic E-state index is 13.5. The number of carbonyl (C=O) groups is 1. The van der Waals surface area contributed by atoms with Crippen LogP contribution in [0.5, 0.6) is 0 Å². The van der Waals surface area contributed by atoms with E-state index in [0.717, 1.165) is 17.7 Å². The van der Waals surface area contributed by atoms with Gasteiger partial charge in [0.2, 0.25) is 5.91 Å². The van der Waals surface area contributed by atoms with E-state index in [9.17, 15) is 18.7 Å². The molecule has 1 amide bonds. The van der Waals surface area contributed by atoms with Crippen molar-refractivity contribution in [1.29, 1.82) is 5.26 Å². The summed E-state index contributed by atoms with van der Waals surface area (Å²) in [5.74, 6) is -2.13. The molecule has 128 valence electrons. The van der Waals surface area contributed by atoms with E-state index in [0.29, 0.717) is 11.1 Å². The lowest BCUT2D eigenvalue weighted by Gasteiger charge is -2.25. The molecule has 2 atom stereocenters. The number of likely N-dealkylation sites (tertiary alicyclic amines) is 1. The molecule has 2 aromatic rings. The van der Waals surface area contributed by atoms with Crippen LogP contribution in [0, 0.1) is 23.0 Å². The van der Waals surface area contributed by atoms with Crippen LogP contribution in [0.15, 0.2) is 42.5 Å². The van der Waals surface area contributed by atoms with Gasteiger partial charge in [-0.05, 0) is 41.8 Å². The number of hydrogen-bond acceptors (Lipinski definition) is 3. The lowest BCUT2D eigenvalue weighted by atomic mass is 10.0. The quantitative estimate of drug-likeness (QED) is 0.933. The first kappa shape index (κ1) is 17.1. The molecule has 0 spiro atoms. The number of nitrogens with zero attached hydrogens (tertiary/aromatic N) is 2. The zero-order valence-electron chi connectivity index (χ0n) is 13.3. The van der Waals surface area contributed by atoms with E-state index in [2.05, 4.69) is 0 Å². The van der Waals surface area contributed by atoms with Crippen LogP contribution in [0.25, 0.3) is 0 Å². The van der Waals surface area contributed by atoms with Crippen molar-refractivity contribution in [1.82, 2.24) is 4.90 Å². The minimum absolute atomic E-state index is 0.110. The zero-order valence-corrected chi connectivity index (χ0v) is 13.3. The van der Waals surface area contributed by atoms with Crippen molar-refractivity contribution >= 4 is 5.91 Å². The van der Waals surface area contributed by atoms with E-state index < -0.39 is 23.8 Å². The average Bonchev–Trinajstić information content (AvgIpc) is 3.00. The fourth-order valence-corrected chi connectivity index (χ4v) is 3.10. The van der Waals surface area contributed by atoms with Gasteiger partial charge in [-0.3, -0.25) is 4.79 Å². The average molecular weight is 342 g/mol. The summed E-state index contributed by atoms with van der Waals surface area (Å²) in [6.45, 7) is 0.152. The van der Waals surface area contributed by atoms with Crippen LogP contribution in [0.3, 0.4) is 0 Å². The van der Waals surface area contributed by atoms with Gasteiger partial charge >= 0.3 is 0 Å². The van der Waals surface area contributed by atoms with Crippen molar-refractivity contribution < 1.29 is 18.7 Å². The molecular weight excluding hydrogens is 326 g/mol. The van der Waals surface area contributed by atoms with E-state index in [1.807, 2.05) is 6.07 Å². The Kier molecular flexibility index (Phi) is 4.77. The highest BCUT2D eigenvalue weighted by molar-refractivity contribution is 5.79. The van der Waals surface area contributed by atoms with Crippen molar-refractivity contribution in [3.63, 3.8) is 0 Å². The second-order valence-corrected chi connectivity index (χ2v) is 6.11. The number of β-amino-alcohol motifs (C(OH)–C–C–N with tert-alkyl or cyclic N) is 1. The smallest absolute Gasteiger partial charge is 0.227 e. The third-order valence-corrected chi connectivity index (χ3v) is 4.37. The van der Waals surface area contributed by atoms with Gasteiger partial charge < -0.3 is 10.0 Å². The van der Waals surface area contributed by atoms with Crippen molar-refractivity contribution in [2.45, 2.75) is 25.0 Å². The van der Waals surface area contributed by atoms with Gasteiger partial charge in [0.1, 0.15) is 0 Å². The van der Waals surface area contributed by atoms with E-state index in [-0.39, 0.29) is 25.3 Å². The van der Waals surface area contributed by atoms with Crippen molar-refractivity contribution in [3.05, 3.63) is 70.8 Å². The summed E-state index contributed by atoms with van der Waals surface area (Å²) in [5, 5.41) is 18.7. The number of nitriles is 1. The molecule has 2 aromatic carbocycles. The third kappa shape index (κ3) is 3.67. The fraction of sp³-hybridized carbons (Fsp3) is 0.263. The second kappa shape index (κ2) is 6.99. The van der Waals surface area contributed by atoms with Crippen LogP contribution in [0.2, 0.25) is 0 Å². The van der Waals surface area contributed by atoms with Gasteiger partial charge in [-0.25, -0.2) is 8.78 Å². The lowest BCUT2D eigenvalue weighted by molar-refractivity contribution is -0.131. The van der Waals surface area contributed by atoms with E-state index in [1.54, 1.807) is 24.3 Å². The zero-order chi connectivity index (χ0) is 18.0. The molecule has 6 heteroatoms. The fourth-order valence-electron chi connectivity index (χ4n) is 3.10. The van der Waals surface area contributed by atoms with Crippen LogP contribution < -0.4 is 0 Å². The summed E-state index contributed by atoms with van der Waals surface area (Å²) in [5.41, 5.74) is 1.71. The Balaban J connectivity index is 1.79. The van der Waals surface area contributed by atoms with Gasteiger partial charge in [0.15, 0.2) is 11.6 Å². The Morgan fingerprint density at radius 3 is 2.56 bits per heavy atom. The van der Waals surface area contributed by atoms with Gasteiger partial charge in [-0.2, -0.15) is 5.26 Å². The van der Waals surface area contributed by atoms with Crippen LogP contribution in [0.4, 0.5) is 8.78 Å². The van der Waals surface area contributed by atoms with Crippen LogP contribution in [-0.2, 0) is 11.2 Å². The number of carbonyl (C=O) groups excluding carboxylic acids is 1. The highest BCUT2D eigenvalue weighted by atomic mass is 19.2. The summed E-state index contributed by atoms with van der Waals surface area (Å²) in [6.07, 6.45) is -0.314. The molecule has 1 aliphatic rings. The molecule has 1 heterocycles. The minimum atomic E-state index is -0.974. The minimum Gasteiger partial charge on any atom is -0.391 e. The molecule has 4 nitrogen and oxygen atoms in total. The maximum Gasteiger partial charge on any atom is 0.227 e. The number of amides is 1. The first-order valence-electron chi connectivity index (χ1n) is 7.89. The number of benzene rings is 2. The molecule has 1 saturated heterocycles. The molecule has 3 rings (SSSR count). The first-order chi connectivity index (χ1) is 12.0. The Hall–Kier alpha value is -2.78. The SMILES string of the molecule is N#Cc1ccc(CC(=O)N2C[C@H](O)C[C@@H]2c2ccc(F)c(F)c2)cc1. The van der Waals surface area contributed by atoms with Gasteiger partial charge in [-0.1, -0.05) is 18.2 Å². The van der Waals surface area contributed by atoms with Gasteiger partial charge in [0.25, 0.3) is 0 Å². The summed E-state index contributed by atoms with van der Waals surface area (Å²) in [6, 6.07) is 11.7.